The lowest BCUT2D eigenvalue weighted by molar-refractivity contribution is 0.164. The van der Waals surface area contributed by atoms with Crippen molar-refractivity contribution in [1.82, 2.24) is 15.0 Å². The number of benzene rings is 2. The van der Waals surface area contributed by atoms with Crippen molar-refractivity contribution >= 4 is 27.4 Å². The largest absolute Gasteiger partial charge is 0.492 e. The summed E-state index contributed by atoms with van der Waals surface area (Å²) in [7, 11) is -1.84. The minimum atomic E-state index is -3.75. The summed E-state index contributed by atoms with van der Waals surface area (Å²) in [5, 5.41) is 4.54. The van der Waals surface area contributed by atoms with E-state index in [-0.39, 0.29) is 29.5 Å². The summed E-state index contributed by atoms with van der Waals surface area (Å²) in [4.78, 5) is 6.30. The van der Waals surface area contributed by atoms with Crippen molar-refractivity contribution in [3.63, 3.8) is 0 Å². The highest BCUT2D eigenvalue weighted by Crippen LogP contribution is 2.53. The van der Waals surface area contributed by atoms with Gasteiger partial charge in [0.15, 0.2) is 11.6 Å². The number of hydrogen-bond acceptors (Lipinski definition) is 7. The van der Waals surface area contributed by atoms with Gasteiger partial charge in [-0.25, -0.2) is 18.1 Å². The van der Waals surface area contributed by atoms with Gasteiger partial charge in [0.05, 0.1) is 6.54 Å². The summed E-state index contributed by atoms with van der Waals surface area (Å²) >= 11 is 6.18. The van der Waals surface area contributed by atoms with Gasteiger partial charge in [0.1, 0.15) is 23.9 Å². The van der Waals surface area contributed by atoms with Gasteiger partial charge in [-0.3, -0.25) is 0 Å². The first-order chi connectivity index (χ1) is 18.9. The average Bonchev–Trinajstić information content (AvgIpc) is 2.91. The highest BCUT2D eigenvalue weighted by atomic mass is 35.5. The molecule has 2 aliphatic heterocycles. The minimum Gasteiger partial charge on any atom is -0.492 e. The second-order valence-electron chi connectivity index (χ2n) is 10.5. The number of rotatable bonds is 8. The van der Waals surface area contributed by atoms with Crippen molar-refractivity contribution in [2.75, 3.05) is 44.8 Å². The molecule has 1 aromatic heterocycles. The topological polar surface area (TPSA) is 92.8 Å². The van der Waals surface area contributed by atoms with E-state index >= 15 is 0 Å². The third-order valence-electron chi connectivity index (χ3n) is 8.22. The monoisotopic (exact) mass is 568 g/mol. The van der Waals surface area contributed by atoms with Crippen molar-refractivity contribution in [2.45, 2.75) is 42.0 Å². The van der Waals surface area contributed by atoms with E-state index in [2.05, 4.69) is 39.3 Å². The molecule has 206 valence electrons. The van der Waals surface area contributed by atoms with Crippen LogP contribution in [0.4, 0.5) is 5.82 Å². The fourth-order valence-corrected chi connectivity index (χ4v) is 7.08. The Labute approximate surface area is 234 Å². The van der Waals surface area contributed by atoms with Crippen LogP contribution in [0, 0.1) is 0 Å². The maximum atomic E-state index is 12.9. The van der Waals surface area contributed by atoms with E-state index in [1.807, 2.05) is 30.1 Å². The fraction of sp³-hybridized carbons (Fsp3) is 0.414. The molecule has 1 unspecified atom stereocenters. The molecule has 8 nitrogen and oxygen atoms in total. The second kappa shape index (κ2) is 10.6. The van der Waals surface area contributed by atoms with Gasteiger partial charge in [-0.2, -0.15) is 0 Å². The van der Waals surface area contributed by atoms with Crippen LogP contribution in [0.2, 0.25) is 5.02 Å². The average molecular weight is 569 g/mol. The van der Waals surface area contributed by atoms with E-state index in [1.165, 1.54) is 35.4 Å². The quantitative estimate of drug-likeness (QED) is 0.393. The number of nitrogens with one attached hydrogen (secondary N) is 2. The van der Waals surface area contributed by atoms with Gasteiger partial charge >= 0.3 is 0 Å². The predicted molar refractivity (Wildman–Crippen MR) is 152 cm³/mol. The molecule has 1 fully saturated rings. The minimum absolute atomic E-state index is 0.0372. The Balaban J connectivity index is 1.13. The lowest BCUT2D eigenvalue weighted by Gasteiger charge is -2.50. The third-order valence-corrected chi connectivity index (χ3v) is 9.90. The molecule has 1 aliphatic carbocycles. The number of likely N-dealkylation sites (N-methyl/N-ethyl adjacent to an activating group) is 1. The molecule has 39 heavy (non-hydrogen) atoms. The molecule has 3 heterocycles. The Morgan fingerprint density at radius 1 is 1.21 bits per heavy atom. The van der Waals surface area contributed by atoms with Crippen molar-refractivity contribution in [2.24, 2.45) is 0 Å². The van der Waals surface area contributed by atoms with Gasteiger partial charge in [0.25, 0.3) is 0 Å². The molecule has 2 aromatic carbocycles. The van der Waals surface area contributed by atoms with Crippen LogP contribution in [0.1, 0.15) is 42.0 Å². The van der Waals surface area contributed by atoms with E-state index in [9.17, 15) is 8.42 Å². The molecule has 0 radical (unpaired) electrons. The van der Waals surface area contributed by atoms with Crippen LogP contribution in [-0.2, 0) is 21.9 Å². The molecule has 3 aliphatic rings. The zero-order valence-corrected chi connectivity index (χ0v) is 23.5. The summed E-state index contributed by atoms with van der Waals surface area (Å²) in [5.74, 6) is 1.85. The number of aromatic nitrogens is 1. The van der Waals surface area contributed by atoms with Crippen LogP contribution in [0.3, 0.4) is 0 Å². The van der Waals surface area contributed by atoms with Crippen LogP contribution < -0.4 is 24.4 Å². The first kappa shape index (κ1) is 26.4. The van der Waals surface area contributed by atoms with E-state index in [0.29, 0.717) is 24.7 Å². The van der Waals surface area contributed by atoms with Gasteiger partial charge in [0.2, 0.25) is 10.0 Å². The lowest BCUT2D eigenvalue weighted by Crippen LogP contribution is -2.49. The number of fused-ring (bicyclic) bond motifs is 2. The highest BCUT2D eigenvalue weighted by molar-refractivity contribution is 7.89. The first-order valence-electron chi connectivity index (χ1n) is 13.4. The summed E-state index contributed by atoms with van der Waals surface area (Å²) < 4.78 is 40.0. The van der Waals surface area contributed by atoms with Crippen LogP contribution >= 0.6 is 11.6 Å². The summed E-state index contributed by atoms with van der Waals surface area (Å²) in [6.07, 6.45) is 5.78. The maximum Gasteiger partial charge on any atom is 0.242 e. The number of pyridine rings is 1. The Hall–Kier alpha value is -2.85. The Morgan fingerprint density at radius 2 is 2.03 bits per heavy atom. The molecule has 10 heteroatoms. The van der Waals surface area contributed by atoms with E-state index < -0.39 is 10.0 Å². The molecule has 3 aromatic rings. The summed E-state index contributed by atoms with van der Waals surface area (Å²) in [6.45, 7) is 2.48. The number of halogens is 1. The number of nitrogens with zero attached hydrogens (tertiary/aromatic N) is 2. The van der Waals surface area contributed by atoms with Crippen LogP contribution in [0.25, 0.3) is 0 Å². The highest BCUT2D eigenvalue weighted by Gasteiger charge is 2.47. The van der Waals surface area contributed by atoms with Crippen LogP contribution in [0.5, 0.6) is 11.5 Å². The molecule has 1 atom stereocenters. The number of anilines is 1. The van der Waals surface area contributed by atoms with Crippen molar-refractivity contribution < 1.29 is 17.9 Å². The predicted octanol–water partition coefficient (Wildman–Crippen LogP) is 4.23. The Bertz CT molecular complexity index is 1460. The molecule has 6 rings (SSSR count). The zero-order valence-electron chi connectivity index (χ0n) is 22.0. The van der Waals surface area contributed by atoms with Gasteiger partial charge < -0.3 is 19.7 Å². The molecule has 0 saturated heterocycles. The van der Waals surface area contributed by atoms with E-state index in [1.54, 1.807) is 0 Å². The number of ether oxygens (including phenoxy) is 2. The molecule has 0 bridgehead atoms. The zero-order chi connectivity index (χ0) is 27.0. The third kappa shape index (κ3) is 5.09. The molecule has 0 spiro atoms. The molecular formula is C29H33ClN4O4S. The smallest absolute Gasteiger partial charge is 0.242 e. The molecular weight excluding hydrogens is 536 g/mol. The summed E-state index contributed by atoms with van der Waals surface area (Å²) in [5.41, 5.74) is 3.95. The van der Waals surface area contributed by atoms with Gasteiger partial charge in [-0.1, -0.05) is 36.2 Å². The number of hydrogen-bond donors (Lipinski definition) is 2. The van der Waals surface area contributed by atoms with Crippen molar-refractivity contribution in [3.8, 4) is 11.5 Å². The number of sulfonamides is 1. The van der Waals surface area contributed by atoms with Crippen LogP contribution in [-0.4, -0.2) is 53.3 Å². The van der Waals surface area contributed by atoms with Crippen molar-refractivity contribution in [3.05, 3.63) is 76.4 Å². The van der Waals surface area contributed by atoms with E-state index in [4.69, 9.17) is 21.1 Å². The van der Waals surface area contributed by atoms with E-state index in [0.717, 1.165) is 36.6 Å². The lowest BCUT2D eigenvalue weighted by atomic mass is 9.58. The Kier molecular flexibility index (Phi) is 7.18. The van der Waals surface area contributed by atoms with Crippen molar-refractivity contribution in [1.29, 1.82) is 0 Å². The molecule has 0 amide bonds. The summed E-state index contributed by atoms with van der Waals surface area (Å²) in [6, 6.07) is 16.2. The second-order valence-corrected chi connectivity index (χ2v) is 12.7. The van der Waals surface area contributed by atoms with Gasteiger partial charge in [-0.15, -0.1) is 0 Å². The standard InChI is InChI=1S/C29H33ClN4O4S/c1-34-14-16-38-26-18-24(19-32-28(26)34)39(35,36)33-13-15-37-23-8-3-20-9-12-31-27(25(20)17-23)29(10-2-11-29)21-4-6-22(30)7-5-21/h3-8,17-19,27,31,33H,2,9-16H2,1H3. The first-order valence-corrected chi connectivity index (χ1v) is 15.3. The normalized spacial score (nSPS) is 19.8. The Morgan fingerprint density at radius 3 is 2.79 bits per heavy atom. The fourth-order valence-electron chi connectivity index (χ4n) is 5.98. The van der Waals surface area contributed by atoms with Gasteiger partial charge in [0, 0.05) is 42.3 Å². The molecule has 1 saturated carbocycles. The SMILES string of the molecule is CN1CCOc2cc(S(=O)(=O)NCCOc3ccc4c(c3)C(C3(c5ccc(Cl)cc5)CCC3)NCC4)cnc21. The molecule has 2 N–H and O–H groups in total. The maximum absolute atomic E-state index is 12.9. The van der Waals surface area contributed by atoms with Gasteiger partial charge in [-0.05, 0) is 66.8 Å². The van der Waals surface area contributed by atoms with Crippen LogP contribution in [0.15, 0.2) is 59.6 Å².